The van der Waals surface area contributed by atoms with Crippen LogP contribution in [-0.2, 0) is 14.3 Å². The van der Waals surface area contributed by atoms with E-state index in [0.29, 0.717) is 16.8 Å². The van der Waals surface area contributed by atoms with Gasteiger partial charge >= 0.3 is 5.97 Å². The number of anilines is 1. The maximum atomic E-state index is 11.9. The lowest BCUT2D eigenvalue weighted by Crippen LogP contribution is -2.27. The Kier molecular flexibility index (Phi) is 4.01. The molecule has 2 rings (SSSR count). The van der Waals surface area contributed by atoms with Crippen molar-refractivity contribution in [3.05, 3.63) is 21.2 Å². The molecular formula is C11H10Br2N2O3. The number of aromatic nitrogens is 1. The van der Waals surface area contributed by atoms with E-state index in [2.05, 4.69) is 41.6 Å². The second kappa shape index (κ2) is 5.36. The Morgan fingerprint density at radius 1 is 1.56 bits per heavy atom. The summed E-state index contributed by atoms with van der Waals surface area (Å²) in [6, 6.07) is 1.81. The van der Waals surface area contributed by atoms with Crippen LogP contribution in [0.5, 0.6) is 0 Å². The van der Waals surface area contributed by atoms with Crippen LogP contribution in [0.25, 0.3) is 0 Å². The van der Waals surface area contributed by atoms with Crippen molar-refractivity contribution in [1.29, 1.82) is 0 Å². The lowest BCUT2D eigenvalue weighted by atomic mass is 10.1. The molecule has 0 radical (unpaired) electrons. The monoisotopic (exact) mass is 376 g/mol. The quantitative estimate of drug-likeness (QED) is 0.741. The molecule has 0 bridgehead atoms. The zero-order valence-corrected chi connectivity index (χ0v) is 12.7. The van der Waals surface area contributed by atoms with E-state index in [1.807, 2.05) is 0 Å². The van der Waals surface area contributed by atoms with Crippen molar-refractivity contribution < 1.29 is 14.3 Å². The van der Waals surface area contributed by atoms with Crippen LogP contribution in [0, 0.1) is 5.92 Å². The Morgan fingerprint density at radius 3 is 2.89 bits per heavy atom. The summed E-state index contributed by atoms with van der Waals surface area (Å²) >= 11 is 6.65. The van der Waals surface area contributed by atoms with Crippen LogP contribution in [0.4, 0.5) is 5.82 Å². The Labute approximate surface area is 121 Å². The van der Waals surface area contributed by atoms with Gasteiger partial charge in [-0.1, -0.05) is 0 Å². The van der Waals surface area contributed by atoms with Crippen molar-refractivity contribution in [3.8, 4) is 0 Å². The van der Waals surface area contributed by atoms with Crippen LogP contribution in [0.1, 0.15) is 6.42 Å². The third-order valence-corrected chi connectivity index (χ3v) is 3.72. The first-order chi connectivity index (χ1) is 8.52. The molecule has 1 amide bonds. The summed E-state index contributed by atoms with van der Waals surface area (Å²) in [4.78, 5) is 29.0. The average molecular weight is 378 g/mol. The Morgan fingerprint density at radius 2 is 2.28 bits per heavy atom. The molecule has 0 aliphatic carbocycles. The number of carbonyl (C=O) groups excluding carboxylic acids is 2. The zero-order chi connectivity index (χ0) is 13.3. The van der Waals surface area contributed by atoms with Crippen LogP contribution in [-0.4, -0.2) is 30.5 Å². The molecule has 1 aliphatic rings. The Bertz CT molecular complexity index is 507. The second-order valence-corrected chi connectivity index (χ2v) is 5.66. The zero-order valence-electron chi connectivity index (χ0n) is 9.52. The molecule has 96 valence electrons. The van der Waals surface area contributed by atoms with Crippen molar-refractivity contribution in [2.24, 2.45) is 5.92 Å². The number of rotatable bonds is 2. The number of hydrogen-bond donors (Lipinski definition) is 0. The normalized spacial score (nSPS) is 19.2. The molecule has 1 unspecified atom stereocenters. The third kappa shape index (κ3) is 2.56. The van der Waals surface area contributed by atoms with Gasteiger partial charge in [-0.25, -0.2) is 4.98 Å². The lowest BCUT2D eigenvalue weighted by molar-refractivity contribution is -0.145. The summed E-state index contributed by atoms with van der Waals surface area (Å²) in [6.07, 6.45) is 1.77. The number of pyridine rings is 1. The molecule has 1 atom stereocenters. The molecule has 1 aromatic heterocycles. The van der Waals surface area contributed by atoms with Crippen molar-refractivity contribution in [1.82, 2.24) is 4.98 Å². The van der Waals surface area contributed by atoms with Gasteiger partial charge in [-0.2, -0.15) is 0 Å². The minimum absolute atomic E-state index is 0.124. The van der Waals surface area contributed by atoms with Crippen molar-refractivity contribution in [2.75, 3.05) is 18.6 Å². The molecule has 0 aromatic carbocycles. The highest BCUT2D eigenvalue weighted by Gasteiger charge is 2.37. The van der Waals surface area contributed by atoms with E-state index >= 15 is 0 Å². The first kappa shape index (κ1) is 13.5. The summed E-state index contributed by atoms with van der Waals surface area (Å²) < 4.78 is 6.18. The van der Waals surface area contributed by atoms with Crippen molar-refractivity contribution in [3.63, 3.8) is 0 Å². The number of esters is 1. The Hall–Kier alpha value is -0.950. The van der Waals surface area contributed by atoms with E-state index in [9.17, 15) is 9.59 Å². The van der Waals surface area contributed by atoms with Gasteiger partial charge in [0.2, 0.25) is 5.91 Å². The molecular weight excluding hydrogens is 368 g/mol. The van der Waals surface area contributed by atoms with Crippen LogP contribution >= 0.6 is 31.9 Å². The van der Waals surface area contributed by atoms with Gasteiger partial charge in [-0.3, -0.25) is 14.5 Å². The third-order valence-electron chi connectivity index (χ3n) is 2.70. The molecule has 1 saturated heterocycles. The SMILES string of the molecule is COC(=O)C1CC(=O)N(c2ncc(Br)cc2Br)C1. The molecule has 7 heteroatoms. The van der Waals surface area contributed by atoms with Gasteiger partial charge < -0.3 is 4.74 Å². The molecule has 2 heterocycles. The molecule has 1 aromatic rings. The van der Waals surface area contributed by atoms with Gasteiger partial charge in [0, 0.05) is 23.6 Å². The molecule has 0 spiro atoms. The molecule has 18 heavy (non-hydrogen) atoms. The predicted octanol–water partition coefficient (Wildman–Crippen LogP) is 2.13. The van der Waals surface area contributed by atoms with Crippen LogP contribution in [0.3, 0.4) is 0 Å². The van der Waals surface area contributed by atoms with E-state index in [0.717, 1.165) is 4.47 Å². The molecule has 0 saturated carbocycles. The van der Waals surface area contributed by atoms with E-state index in [4.69, 9.17) is 0 Å². The number of halogens is 2. The number of nitrogens with zero attached hydrogens (tertiary/aromatic N) is 2. The number of hydrogen-bond acceptors (Lipinski definition) is 4. The first-order valence-corrected chi connectivity index (χ1v) is 6.80. The summed E-state index contributed by atoms with van der Waals surface area (Å²) in [6.45, 7) is 0.304. The fourth-order valence-electron chi connectivity index (χ4n) is 1.84. The van der Waals surface area contributed by atoms with Gasteiger partial charge in [0.05, 0.1) is 17.5 Å². The second-order valence-electron chi connectivity index (χ2n) is 3.89. The summed E-state index contributed by atoms with van der Waals surface area (Å²) in [5, 5.41) is 0. The molecule has 5 nitrogen and oxygen atoms in total. The number of amides is 1. The highest BCUT2D eigenvalue weighted by molar-refractivity contribution is 9.11. The Balaban J connectivity index is 2.24. The van der Waals surface area contributed by atoms with Gasteiger partial charge in [0.15, 0.2) is 0 Å². The summed E-state index contributed by atoms with van der Waals surface area (Å²) in [5.41, 5.74) is 0. The smallest absolute Gasteiger partial charge is 0.311 e. The minimum atomic E-state index is -0.417. The van der Waals surface area contributed by atoms with Crippen LogP contribution in [0.2, 0.25) is 0 Å². The number of carbonyl (C=O) groups is 2. The largest absolute Gasteiger partial charge is 0.469 e. The standard InChI is InChI=1S/C11H10Br2N2O3/c1-18-11(17)6-2-9(16)15(5-6)10-8(13)3-7(12)4-14-10/h3-4,6H,2,5H2,1H3. The van der Waals surface area contributed by atoms with Crippen molar-refractivity contribution in [2.45, 2.75) is 6.42 Å². The number of methoxy groups -OCH3 is 1. The molecule has 0 N–H and O–H groups in total. The van der Waals surface area contributed by atoms with Gasteiger partial charge in [0.1, 0.15) is 5.82 Å². The summed E-state index contributed by atoms with van der Waals surface area (Å²) in [5.74, 6) is -0.380. The average Bonchev–Trinajstić information content (AvgIpc) is 2.70. The highest BCUT2D eigenvalue weighted by Crippen LogP contribution is 2.31. The van der Waals surface area contributed by atoms with E-state index < -0.39 is 5.92 Å². The van der Waals surface area contributed by atoms with E-state index in [-0.39, 0.29) is 18.3 Å². The van der Waals surface area contributed by atoms with Crippen molar-refractivity contribution >= 4 is 49.6 Å². The van der Waals surface area contributed by atoms with E-state index in [1.165, 1.54) is 12.0 Å². The fourth-order valence-corrected chi connectivity index (χ4v) is 3.04. The van der Waals surface area contributed by atoms with Crippen LogP contribution < -0.4 is 4.90 Å². The molecule has 1 fully saturated rings. The molecule has 1 aliphatic heterocycles. The topological polar surface area (TPSA) is 59.5 Å². The lowest BCUT2D eigenvalue weighted by Gasteiger charge is -2.16. The maximum Gasteiger partial charge on any atom is 0.311 e. The summed E-state index contributed by atoms with van der Waals surface area (Å²) in [7, 11) is 1.32. The van der Waals surface area contributed by atoms with Gasteiger partial charge in [-0.15, -0.1) is 0 Å². The predicted molar refractivity (Wildman–Crippen MR) is 72.1 cm³/mol. The van der Waals surface area contributed by atoms with Gasteiger partial charge in [0.25, 0.3) is 0 Å². The maximum absolute atomic E-state index is 11.9. The first-order valence-electron chi connectivity index (χ1n) is 5.22. The van der Waals surface area contributed by atoms with E-state index in [1.54, 1.807) is 12.3 Å². The fraction of sp³-hybridized carbons (Fsp3) is 0.364. The van der Waals surface area contributed by atoms with Crippen LogP contribution in [0.15, 0.2) is 21.2 Å². The highest BCUT2D eigenvalue weighted by atomic mass is 79.9. The van der Waals surface area contributed by atoms with Gasteiger partial charge in [-0.05, 0) is 37.9 Å². The number of ether oxygens (including phenoxy) is 1. The minimum Gasteiger partial charge on any atom is -0.469 e.